The van der Waals surface area contributed by atoms with Crippen molar-refractivity contribution in [2.45, 2.75) is 10.9 Å². The smallest absolute Gasteiger partial charge is 0.337 e. The van der Waals surface area contributed by atoms with Gasteiger partial charge in [-0.05, 0) is 41.8 Å². The number of esters is 1. The zero-order valence-corrected chi connectivity index (χ0v) is 18.9. The lowest BCUT2D eigenvalue weighted by atomic mass is 10.1. The predicted octanol–water partition coefficient (Wildman–Crippen LogP) is 4.58. The van der Waals surface area contributed by atoms with Crippen molar-refractivity contribution in [1.82, 2.24) is 19.7 Å². The van der Waals surface area contributed by atoms with Crippen LogP contribution in [-0.2, 0) is 10.5 Å². The van der Waals surface area contributed by atoms with Crippen molar-refractivity contribution in [1.29, 1.82) is 0 Å². The summed E-state index contributed by atoms with van der Waals surface area (Å²) in [7, 11) is 1.31. The maximum absolute atomic E-state index is 13.4. The summed E-state index contributed by atoms with van der Waals surface area (Å²) in [4.78, 5) is 31.0. The molecule has 0 saturated heterocycles. The number of benzene rings is 2. The van der Waals surface area contributed by atoms with Crippen molar-refractivity contribution < 1.29 is 13.9 Å². The Morgan fingerprint density at radius 2 is 1.97 bits per heavy atom. The van der Waals surface area contributed by atoms with E-state index in [0.717, 1.165) is 4.88 Å². The number of nitrogens with zero attached hydrogens (tertiary/aromatic N) is 4. The van der Waals surface area contributed by atoms with Gasteiger partial charge in [-0.2, -0.15) is 0 Å². The molecule has 8 nitrogen and oxygen atoms in total. The fourth-order valence-electron chi connectivity index (χ4n) is 3.25. The van der Waals surface area contributed by atoms with Gasteiger partial charge in [0.05, 0.1) is 39.9 Å². The van der Waals surface area contributed by atoms with E-state index in [1.807, 2.05) is 47.8 Å². The van der Waals surface area contributed by atoms with Gasteiger partial charge in [-0.15, -0.1) is 21.5 Å². The number of aromatic nitrogens is 4. The third-order valence-corrected chi connectivity index (χ3v) is 6.58. The lowest BCUT2D eigenvalue weighted by Crippen LogP contribution is -2.22. The number of methoxy groups -OCH3 is 1. The molecule has 3 aromatic heterocycles. The Hall–Kier alpha value is -3.76. The standard InChI is InChI=1S/C23H16N4O4S2/c1-30-22(29)14-9-10-16-17(12-14)24-23(27(21(16)28)15-6-3-2-4-7-15)33-13-19-25-26-20(31-19)18-8-5-11-32-18/h2-12H,13H2,1H3. The number of para-hydroxylation sites is 1. The van der Waals surface area contributed by atoms with E-state index in [2.05, 4.69) is 10.2 Å². The van der Waals surface area contributed by atoms with Gasteiger partial charge in [0.2, 0.25) is 5.89 Å². The molecule has 0 amide bonds. The highest BCUT2D eigenvalue weighted by Crippen LogP contribution is 2.27. The van der Waals surface area contributed by atoms with E-state index in [1.54, 1.807) is 22.8 Å². The van der Waals surface area contributed by atoms with E-state index in [9.17, 15) is 9.59 Å². The van der Waals surface area contributed by atoms with Crippen molar-refractivity contribution in [3.63, 3.8) is 0 Å². The molecule has 5 aromatic rings. The highest BCUT2D eigenvalue weighted by atomic mass is 32.2. The van der Waals surface area contributed by atoms with Gasteiger partial charge in [0.15, 0.2) is 5.16 Å². The number of fused-ring (bicyclic) bond motifs is 1. The van der Waals surface area contributed by atoms with Crippen LogP contribution in [0.4, 0.5) is 0 Å². The molecule has 0 N–H and O–H groups in total. The first-order valence-electron chi connectivity index (χ1n) is 9.83. The summed E-state index contributed by atoms with van der Waals surface area (Å²) < 4.78 is 12.1. The van der Waals surface area contributed by atoms with Crippen LogP contribution in [0.5, 0.6) is 0 Å². The molecule has 0 fully saturated rings. The molecule has 0 atom stereocenters. The van der Waals surface area contributed by atoms with Crippen LogP contribution in [0.15, 0.2) is 80.4 Å². The molecule has 33 heavy (non-hydrogen) atoms. The molecule has 0 unspecified atom stereocenters. The molecule has 0 aliphatic rings. The molecule has 0 radical (unpaired) electrons. The maximum atomic E-state index is 13.4. The Balaban J connectivity index is 1.56. The SMILES string of the molecule is COC(=O)c1ccc2c(=O)n(-c3ccccc3)c(SCc3nnc(-c4cccs4)o3)nc2c1. The van der Waals surface area contributed by atoms with Crippen molar-refractivity contribution in [2.75, 3.05) is 7.11 Å². The Labute approximate surface area is 195 Å². The summed E-state index contributed by atoms with van der Waals surface area (Å²) >= 11 is 2.81. The third kappa shape index (κ3) is 4.18. The molecule has 0 saturated carbocycles. The molecule has 0 aliphatic carbocycles. The van der Waals surface area contributed by atoms with E-state index < -0.39 is 5.97 Å². The van der Waals surface area contributed by atoms with Crippen LogP contribution in [-0.4, -0.2) is 32.8 Å². The average molecular weight is 477 g/mol. The summed E-state index contributed by atoms with van der Waals surface area (Å²) in [5, 5.41) is 11.0. The Morgan fingerprint density at radius 1 is 1.12 bits per heavy atom. The van der Waals surface area contributed by atoms with Crippen molar-refractivity contribution in [3.05, 3.63) is 87.9 Å². The van der Waals surface area contributed by atoms with E-state index in [0.29, 0.717) is 44.8 Å². The van der Waals surface area contributed by atoms with Gasteiger partial charge < -0.3 is 9.15 Å². The summed E-state index contributed by atoms with van der Waals surface area (Å²) in [5.41, 5.74) is 1.17. The van der Waals surface area contributed by atoms with Gasteiger partial charge in [-0.1, -0.05) is 36.0 Å². The summed E-state index contributed by atoms with van der Waals surface area (Å²) in [6.45, 7) is 0. The lowest BCUT2D eigenvalue weighted by Gasteiger charge is -2.13. The Bertz CT molecular complexity index is 1490. The van der Waals surface area contributed by atoms with Crippen LogP contribution < -0.4 is 5.56 Å². The minimum absolute atomic E-state index is 0.241. The second-order valence-electron chi connectivity index (χ2n) is 6.86. The van der Waals surface area contributed by atoms with Crippen LogP contribution >= 0.6 is 23.1 Å². The number of thiophene rings is 1. The predicted molar refractivity (Wildman–Crippen MR) is 126 cm³/mol. The first kappa shape index (κ1) is 21.1. The second-order valence-corrected chi connectivity index (χ2v) is 8.75. The highest BCUT2D eigenvalue weighted by molar-refractivity contribution is 7.98. The Morgan fingerprint density at radius 3 is 2.73 bits per heavy atom. The minimum atomic E-state index is -0.493. The number of hydrogen-bond donors (Lipinski definition) is 0. The lowest BCUT2D eigenvalue weighted by molar-refractivity contribution is 0.0601. The first-order chi connectivity index (χ1) is 16.1. The summed E-state index contributed by atoms with van der Waals surface area (Å²) in [6, 6.07) is 17.8. The van der Waals surface area contributed by atoms with Gasteiger partial charge in [0, 0.05) is 0 Å². The average Bonchev–Trinajstić information content (AvgIpc) is 3.54. The molecule has 10 heteroatoms. The number of carbonyl (C=O) groups excluding carboxylic acids is 1. The van der Waals surface area contributed by atoms with Crippen molar-refractivity contribution >= 4 is 40.0 Å². The largest absolute Gasteiger partial charge is 0.465 e. The quantitative estimate of drug-likeness (QED) is 0.200. The second kappa shape index (κ2) is 9.00. The van der Waals surface area contributed by atoms with Gasteiger partial charge in [-0.3, -0.25) is 9.36 Å². The van der Waals surface area contributed by atoms with E-state index >= 15 is 0 Å². The van der Waals surface area contributed by atoms with Gasteiger partial charge in [0.25, 0.3) is 11.4 Å². The molecule has 0 aliphatic heterocycles. The maximum Gasteiger partial charge on any atom is 0.337 e. The van der Waals surface area contributed by atoms with Crippen LogP contribution in [0.2, 0.25) is 0 Å². The van der Waals surface area contributed by atoms with Gasteiger partial charge in [-0.25, -0.2) is 9.78 Å². The van der Waals surface area contributed by atoms with Crippen molar-refractivity contribution in [2.24, 2.45) is 0 Å². The first-order valence-corrected chi connectivity index (χ1v) is 11.7. The Kier molecular flexibility index (Phi) is 5.76. The third-order valence-electron chi connectivity index (χ3n) is 4.80. The minimum Gasteiger partial charge on any atom is -0.465 e. The van der Waals surface area contributed by atoms with E-state index in [1.165, 1.54) is 30.2 Å². The van der Waals surface area contributed by atoms with Crippen LogP contribution in [0.25, 0.3) is 27.4 Å². The monoisotopic (exact) mass is 476 g/mol. The number of hydrogen-bond acceptors (Lipinski definition) is 9. The molecule has 164 valence electrons. The van der Waals surface area contributed by atoms with Crippen molar-refractivity contribution in [3.8, 4) is 16.5 Å². The zero-order valence-electron chi connectivity index (χ0n) is 17.3. The molecule has 2 aromatic carbocycles. The highest BCUT2D eigenvalue weighted by Gasteiger charge is 2.17. The molecule has 3 heterocycles. The van der Waals surface area contributed by atoms with Gasteiger partial charge in [0.1, 0.15) is 0 Å². The summed E-state index contributed by atoms with van der Waals surface area (Å²) in [6.07, 6.45) is 0. The molecule has 0 bridgehead atoms. The molecule has 0 spiro atoms. The molecule has 5 rings (SSSR count). The van der Waals surface area contributed by atoms with E-state index in [4.69, 9.17) is 14.1 Å². The fraction of sp³-hybridized carbons (Fsp3) is 0.0870. The van der Waals surface area contributed by atoms with Gasteiger partial charge >= 0.3 is 5.97 Å². The van der Waals surface area contributed by atoms with Crippen LogP contribution in [0.1, 0.15) is 16.2 Å². The van der Waals surface area contributed by atoms with Crippen LogP contribution in [0, 0.1) is 0 Å². The molecular weight excluding hydrogens is 460 g/mol. The van der Waals surface area contributed by atoms with E-state index in [-0.39, 0.29) is 5.56 Å². The topological polar surface area (TPSA) is 100 Å². The number of thioether (sulfide) groups is 1. The number of ether oxygens (including phenoxy) is 1. The summed E-state index contributed by atoms with van der Waals surface area (Å²) in [5.74, 6) is 0.697. The normalized spacial score (nSPS) is 11.1. The number of rotatable bonds is 6. The molecular formula is C23H16N4O4S2. The van der Waals surface area contributed by atoms with Crippen LogP contribution in [0.3, 0.4) is 0 Å². The zero-order chi connectivity index (χ0) is 22.8. The number of carbonyl (C=O) groups is 1. The fourth-order valence-corrected chi connectivity index (χ4v) is 4.74.